The Labute approximate surface area is 151 Å². The molecular weight excluding hydrogens is 342 g/mol. The molecule has 2 aromatic carbocycles. The summed E-state index contributed by atoms with van der Waals surface area (Å²) in [4.78, 5) is 11.1. The average molecular weight is 362 g/mol. The third-order valence-corrected chi connectivity index (χ3v) is 3.88. The molecular formula is C19H20ClNO4. The van der Waals surface area contributed by atoms with Gasteiger partial charge in [-0.1, -0.05) is 30.3 Å². The van der Waals surface area contributed by atoms with Crippen LogP contribution < -0.4 is 14.8 Å². The van der Waals surface area contributed by atoms with Crippen molar-refractivity contribution in [2.75, 3.05) is 19.0 Å². The van der Waals surface area contributed by atoms with Gasteiger partial charge in [0.15, 0.2) is 11.5 Å². The smallest absolute Gasteiger partial charge is 0.335 e. The van der Waals surface area contributed by atoms with E-state index in [1.807, 2.05) is 13.0 Å². The molecule has 0 saturated carbocycles. The number of benzene rings is 2. The van der Waals surface area contributed by atoms with Crippen LogP contribution in [0.15, 0.2) is 43.0 Å². The van der Waals surface area contributed by atoms with Crippen molar-refractivity contribution in [1.29, 1.82) is 0 Å². The minimum atomic E-state index is -0.962. The minimum Gasteiger partial charge on any atom is -0.493 e. The van der Waals surface area contributed by atoms with E-state index in [1.54, 1.807) is 37.5 Å². The highest BCUT2D eigenvalue weighted by atomic mass is 35.5. The molecule has 0 heterocycles. The van der Waals surface area contributed by atoms with Crippen molar-refractivity contribution in [2.24, 2.45) is 0 Å². The monoisotopic (exact) mass is 361 g/mol. The zero-order chi connectivity index (χ0) is 18.4. The molecule has 0 saturated heterocycles. The van der Waals surface area contributed by atoms with Gasteiger partial charge in [-0.2, -0.15) is 0 Å². The van der Waals surface area contributed by atoms with Crippen molar-refractivity contribution in [3.05, 3.63) is 64.7 Å². The predicted molar refractivity (Wildman–Crippen MR) is 99.2 cm³/mol. The fourth-order valence-corrected chi connectivity index (χ4v) is 2.59. The van der Waals surface area contributed by atoms with E-state index >= 15 is 0 Å². The van der Waals surface area contributed by atoms with Crippen LogP contribution in [0.3, 0.4) is 0 Å². The predicted octanol–water partition coefficient (Wildman–Crippen LogP) is 4.53. The molecule has 132 valence electrons. The first kappa shape index (κ1) is 18.7. The number of aryl methyl sites for hydroxylation is 1. The maximum absolute atomic E-state index is 11.1. The lowest BCUT2D eigenvalue weighted by molar-refractivity contribution is 0.0697. The molecule has 6 heteroatoms. The number of carbonyl (C=O) groups is 1. The number of hydrogen-bond acceptors (Lipinski definition) is 4. The Morgan fingerprint density at radius 2 is 2.12 bits per heavy atom. The van der Waals surface area contributed by atoms with Crippen LogP contribution in [0.2, 0.25) is 5.02 Å². The van der Waals surface area contributed by atoms with Crippen LogP contribution in [0, 0.1) is 6.92 Å². The number of anilines is 1. The molecule has 0 bridgehead atoms. The number of carboxylic acid groups (broad SMARTS) is 1. The molecule has 0 radical (unpaired) electrons. The first-order valence-corrected chi connectivity index (χ1v) is 8.02. The van der Waals surface area contributed by atoms with Gasteiger partial charge >= 0.3 is 5.97 Å². The summed E-state index contributed by atoms with van der Waals surface area (Å²) in [5, 5.41) is 12.8. The van der Waals surface area contributed by atoms with Crippen molar-refractivity contribution in [3.63, 3.8) is 0 Å². The molecule has 5 nitrogen and oxygen atoms in total. The SMILES string of the molecule is C=CCOc1c(Cl)cc(CNc2cc(C(=O)O)ccc2C)cc1OC. The molecule has 2 rings (SSSR count). The highest BCUT2D eigenvalue weighted by Crippen LogP contribution is 2.36. The van der Waals surface area contributed by atoms with Gasteiger partial charge in [0.05, 0.1) is 17.7 Å². The van der Waals surface area contributed by atoms with Gasteiger partial charge in [0.25, 0.3) is 0 Å². The van der Waals surface area contributed by atoms with E-state index in [1.165, 1.54) is 0 Å². The average Bonchev–Trinajstić information content (AvgIpc) is 2.59. The van der Waals surface area contributed by atoms with Gasteiger partial charge < -0.3 is 19.9 Å². The second-order valence-electron chi connectivity index (χ2n) is 5.40. The van der Waals surface area contributed by atoms with Crippen molar-refractivity contribution in [1.82, 2.24) is 0 Å². The third kappa shape index (κ3) is 4.67. The second kappa shape index (κ2) is 8.44. The Morgan fingerprint density at radius 1 is 1.36 bits per heavy atom. The molecule has 0 aliphatic heterocycles. The largest absolute Gasteiger partial charge is 0.493 e. The van der Waals surface area contributed by atoms with E-state index in [4.69, 9.17) is 26.2 Å². The zero-order valence-electron chi connectivity index (χ0n) is 14.1. The highest BCUT2D eigenvalue weighted by molar-refractivity contribution is 6.32. The summed E-state index contributed by atoms with van der Waals surface area (Å²) in [6.45, 7) is 6.31. The summed E-state index contributed by atoms with van der Waals surface area (Å²) < 4.78 is 10.9. The molecule has 2 aromatic rings. The van der Waals surface area contributed by atoms with E-state index in [-0.39, 0.29) is 5.56 Å². The maximum atomic E-state index is 11.1. The van der Waals surface area contributed by atoms with Gasteiger partial charge in [-0.15, -0.1) is 0 Å². The van der Waals surface area contributed by atoms with E-state index < -0.39 is 5.97 Å². The minimum absolute atomic E-state index is 0.233. The number of nitrogens with one attached hydrogen (secondary N) is 1. The van der Waals surface area contributed by atoms with E-state index in [2.05, 4.69) is 11.9 Å². The second-order valence-corrected chi connectivity index (χ2v) is 5.80. The first-order chi connectivity index (χ1) is 12.0. The van der Waals surface area contributed by atoms with Gasteiger partial charge in [-0.3, -0.25) is 0 Å². The fraction of sp³-hybridized carbons (Fsp3) is 0.211. The van der Waals surface area contributed by atoms with Crippen LogP contribution >= 0.6 is 11.6 Å². The summed E-state index contributed by atoms with van der Waals surface area (Å²) >= 11 is 6.28. The van der Waals surface area contributed by atoms with Gasteiger partial charge in [-0.25, -0.2) is 4.79 Å². The highest BCUT2D eigenvalue weighted by Gasteiger charge is 2.12. The van der Waals surface area contributed by atoms with Crippen LogP contribution in [0.1, 0.15) is 21.5 Å². The maximum Gasteiger partial charge on any atom is 0.335 e. The lowest BCUT2D eigenvalue weighted by Crippen LogP contribution is -2.05. The van der Waals surface area contributed by atoms with Gasteiger partial charge in [0, 0.05) is 12.2 Å². The van der Waals surface area contributed by atoms with E-state index in [0.29, 0.717) is 29.7 Å². The Balaban J connectivity index is 2.21. The molecule has 0 atom stereocenters. The van der Waals surface area contributed by atoms with Crippen molar-refractivity contribution in [2.45, 2.75) is 13.5 Å². The Bertz CT molecular complexity index is 789. The molecule has 0 aromatic heterocycles. The van der Waals surface area contributed by atoms with Gasteiger partial charge in [-0.05, 0) is 42.3 Å². The molecule has 0 aliphatic rings. The molecule has 25 heavy (non-hydrogen) atoms. The van der Waals surface area contributed by atoms with Crippen LogP contribution in [-0.4, -0.2) is 24.8 Å². The van der Waals surface area contributed by atoms with Gasteiger partial charge in [0.1, 0.15) is 6.61 Å². The summed E-state index contributed by atoms with van der Waals surface area (Å²) in [7, 11) is 1.55. The van der Waals surface area contributed by atoms with Crippen LogP contribution in [0.25, 0.3) is 0 Å². The lowest BCUT2D eigenvalue weighted by Gasteiger charge is -2.15. The third-order valence-electron chi connectivity index (χ3n) is 3.60. The van der Waals surface area contributed by atoms with Crippen LogP contribution in [0.5, 0.6) is 11.5 Å². The number of ether oxygens (including phenoxy) is 2. The molecule has 0 amide bonds. The molecule has 0 aliphatic carbocycles. The zero-order valence-corrected chi connectivity index (χ0v) is 14.9. The Kier molecular flexibility index (Phi) is 6.31. The van der Waals surface area contributed by atoms with Crippen LogP contribution in [0.4, 0.5) is 5.69 Å². The quantitative estimate of drug-likeness (QED) is 0.676. The molecule has 2 N–H and O–H groups in total. The number of carboxylic acids is 1. The number of rotatable bonds is 8. The lowest BCUT2D eigenvalue weighted by atomic mass is 10.1. The van der Waals surface area contributed by atoms with Crippen molar-refractivity contribution >= 4 is 23.3 Å². The normalized spacial score (nSPS) is 10.2. The Morgan fingerprint density at radius 3 is 2.76 bits per heavy atom. The number of halogens is 1. The summed E-state index contributed by atoms with van der Waals surface area (Å²) in [6, 6.07) is 8.57. The topological polar surface area (TPSA) is 67.8 Å². The molecule has 0 spiro atoms. The molecule has 0 fully saturated rings. The number of aromatic carboxylic acids is 1. The van der Waals surface area contributed by atoms with Crippen LogP contribution in [-0.2, 0) is 6.54 Å². The first-order valence-electron chi connectivity index (χ1n) is 7.64. The summed E-state index contributed by atoms with van der Waals surface area (Å²) in [5.41, 5.74) is 2.82. The standard InChI is InChI=1S/C19H20ClNO4/c1-4-7-25-18-15(20)8-13(9-17(18)24-3)11-21-16-10-14(19(22)23)6-5-12(16)2/h4-6,8-10,21H,1,7,11H2,2-3H3,(H,22,23). The van der Waals surface area contributed by atoms with Gasteiger partial charge in [0.2, 0.25) is 0 Å². The van der Waals surface area contributed by atoms with Crippen molar-refractivity contribution < 1.29 is 19.4 Å². The molecule has 0 unspecified atom stereocenters. The van der Waals surface area contributed by atoms with E-state index in [9.17, 15) is 4.79 Å². The number of hydrogen-bond donors (Lipinski definition) is 2. The summed E-state index contributed by atoms with van der Waals surface area (Å²) in [5.74, 6) is 0.0375. The van der Waals surface area contributed by atoms with E-state index in [0.717, 1.165) is 16.8 Å². The number of methoxy groups -OCH3 is 1. The fourth-order valence-electron chi connectivity index (χ4n) is 2.30. The Hall–Kier alpha value is -2.66. The summed E-state index contributed by atoms with van der Waals surface area (Å²) in [6.07, 6.45) is 1.63. The van der Waals surface area contributed by atoms with Crippen molar-refractivity contribution in [3.8, 4) is 11.5 Å².